The van der Waals surface area contributed by atoms with Crippen LogP contribution in [-0.4, -0.2) is 0 Å². The van der Waals surface area contributed by atoms with Crippen molar-refractivity contribution >= 4 is 0 Å². The molecule has 0 heteroatoms. The Hall–Kier alpha value is -2.60. The van der Waals surface area contributed by atoms with E-state index in [-0.39, 0.29) is 10.8 Å². The summed E-state index contributed by atoms with van der Waals surface area (Å²) in [5, 5.41) is 0. The fourth-order valence-corrected chi connectivity index (χ4v) is 6.78. The maximum absolute atomic E-state index is 2.35. The lowest BCUT2D eigenvalue weighted by atomic mass is 9.50. The lowest BCUT2D eigenvalue weighted by molar-refractivity contribution is 0.467. The second-order valence-electron chi connectivity index (χ2n) is 13.0. The normalized spacial score (nSPS) is 22.2. The lowest BCUT2D eigenvalue weighted by Gasteiger charge is -2.51. The Morgan fingerprint density at radius 1 is 0.513 bits per heavy atom. The largest absolute Gasteiger partial charge is 0.0755 e. The predicted molar refractivity (Wildman–Crippen MR) is 164 cm³/mol. The van der Waals surface area contributed by atoms with E-state index in [1.165, 1.54) is 57.8 Å². The van der Waals surface area contributed by atoms with Crippen molar-refractivity contribution < 1.29 is 0 Å². The minimum atomic E-state index is -0.491. The van der Waals surface area contributed by atoms with Crippen molar-refractivity contribution in [2.24, 2.45) is 10.8 Å². The summed E-state index contributed by atoms with van der Waals surface area (Å²) in [6, 6.07) is 22.3. The second kappa shape index (κ2) is 9.79. The number of hydrogen-bond donors (Lipinski definition) is 0. The summed E-state index contributed by atoms with van der Waals surface area (Å²) in [5.74, 6) is 8.20. The second-order valence-corrected chi connectivity index (χ2v) is 13.0. The van der Waals surface area contributed by atoms with E-state index in [4.69, 9.17) is 0 Å². The third-order valence-electron chi connectivity index (χ3n) is 8.42. The summed E-state index contributed by atoms with van der Waals surface area (Å²) >= 11 is 0. The van der Waals surface area contributed by atoms with Crippen LogP contribution in [-0.2, 0) is 5.41 Å². The summed E-state index contributed by atoms with van der Waals surface area (Å²) in [5.41, 5.74) is 4.85. The molecule has 0 N–H and O–H groups in total. The molecule has 2 fully saturated rings. The van der Waals surface area contributed by atoms with Crippen molar-refractivity contribution in [2.45, 2.75) is 47.0 Å². The first-order chi connectivity index (χ1) is 18.6. The van der Waals surface area contributed by atoms with Gasteiger partial charge in [0.05, 0.1) is 0 Å². The first-order valence-electron chi connectivity index (χ1n) is 14.1. The molecule has 39 heavy (non-hydrogen) atoms. The first-order valence-corrected chi connectivity index (χ1v) is 14.1. The zero-order chi connectivity index (χ0) is 27.4. The van der Waals surface area contributed by atoms with Gasteiger partial charge in [0.2, 0.25) is 0 Å². The van der Waals surface area contributed by atoms with Crippen molar-refractivity contribution in [3.8, 4) is 0 Å². The van der Waals surface area contributed by atoms with Crippen LogP contribution in [0.15, 0.2) is 108 Å². The molecule has 0 saturated heterocycles. The molecule has 6 rings (SSSR count). The average Bonchev–Trinajstić information content (AvgIpc) is 3.57. The molecule has 0 nitrogen and oxygen atoms in total. The molecule has 0 unspecified atom stereocenters. The molecule has 0 bridgehead atoms. The van der Waals surface area contributed by atoms with Gasteiger partial charge < -0.3 is 0 Å². The van der Waals surface area contributed by atoms with E-state index in [0.717, 1.165) is 0 Å². The van der Waals surface area contributed by atoms with Crippen molar-refractivity contribution in [3.05, 3.63) is 181 Å². The van der Waals surface area contributed by atoms with Gasteiger partial charge >= 0.3 is 0 Å². The number of benzene rings is 2. The van der Waals surface area contributed by atoms with E-state index in [1.807, 2.05) is 0 Å². The topological polar surface area (TPSA) is 0 Å². The number of fused-ring (bicyclic) bond motifs is 3. The molecule has 0 atom stereocenters. The van der Waals surface area contributed by atoms with E-state index < -0.39 is 5.41 Å². The predicted octanol–water partition coefficient (Wildman–Crippen LogP) is 9.35. The third-order valence-corrected chi connectivity index (χ3v) is 8.42. The van der Waals surface area contributed by atoms with Gasteiger partial charge in [-0.15, -0.1) is 0 Å². The third kappa shape index (κ3) is 4.25. The van der Waals surface area contributed by atoms with Crippen LogP contribution in [0.25, 0.3) is 0 Å². The molecule has 194 valence electrons. The Morgan fingerprint density at radius 3 is 1.31 bits per heavy atom. The zero-order valence-electron chi connectivity index (χ0n) is 24.0. The zero-order valence-corrected chi connectivity index (χ0v) is 24.0. The Balaban J connectivity index is 1.71. The highest BCUT2D eigenvalue weighted by Crippen LogP contribution is 2.72. The Bertz CT molecular complexity index is 1190. The monoisotopic (exact) mass is 506 g/mol. The van der Waals surface area contributed by atoms with Gasteiger partial charge in [-0.1, -0.05) is 150 Å². The van der Waals surface area contributed by atoms with Crippen LogP contribution < -0.4 is 0 Å². The summed E-state index contributed by atoms with van der Waals surface area (Å²) in [7, 11) is 0. The fourth-order valence-electron chi connectivity index (χ4n) is 6.78. The van der Waals surface area contributed by atoms with Gasteiger partial charge in [-0.25, -0.2) is 0 Å². The Kier molecular flexibility index (Phi) is 6.68. The maximum atomic E-state index is 2.35. The molecular weight excluding hydrogens is 468 g/mol. The molecule has 2 saturated carbocycles. The molecule has 2 aromatic rings. The summed E-state index contributed by atoms with van der Waals surface area (Å²) in [4.78, 5) is 0. The van der Waals surface area contributed by atoms with Crippen molar-refractivity contribution in [2.75, 3.05) is 0 Å². The molecule has 0 aromatic heterocycles. The van der Waals surface area contributed by atoms with Crippen LogP contribution in [0.1, 0.15) is 52.7 Å². The van der Waals surface area contributed by atoms with Crippen molar-refractivity contribution in [3.63, 3.8) is 0 Å². The Morgan fingerprint density at radius 2 is 0.923 bits per heavy atom. The highest BCUT2D eigenvalue weighted by Gasteiger charge is 2.65. The van der Waals surface area contributed by atoms with Crippen LogP contribution in [0.5, 0.6) is 0 Å². The number of allylic oxidation sites excluding steroid dienone is 8. The smallest absolute Gasteiger partial charge is 0.0351 e. The van der Waals surface area contributed by atoms with Crippen molar-refractivity contribution in [1.29, 1.82) is 0 Å². The fraction of sp³-hybridized carbons (Fsp3) is 0.231. The quantitative estimate of drug-likeness (QED) is 0.387. The molecule has 0 aliphatic heterocycles. The molecule has 0 amide bonds. The van der Waals surface area contributed by atoms with E-state index in [2.05, 4.69) is 164 Å². The van der Waals surface area contributed by atoms with Crippen LogP contribution in [0.2, 0.25) is 0 Å². The molecule has 0 heterocycles. The number of rotatable bonds is 4. The average molecular weight is 507 g/mol. The molecule has 4 aliphatic rings. The lowest BCUT2D eigenvalue weighted by Crippen LogP contribution is -2.46. The molecule has 4 aliphatic carbocycles. The SMILES string of the molecule is CC(C)(C)C1=CC=C[C]2[C]3C=CC=C(C(C)(C)C)[C]3[C](C([C]3[CH][CH][CH][CH]3)(c3ccccc3)c3ccccc3)[C]21. The van der Waals surface area contributed by atoms with Gasteiger partial charge in [0.1, 0.15) is 0 Å². The molecule has 0 spiro atoms. The molecule has 2 aromatic carbocycles. The van der Waals surface area contributed by atoms with E-state index in [1.54, 1.807) is 0 Å². The van der Waals surface area contributed by atoms with Gasteiger partial charge in [-0.2, -0.15) is 0 Å². The van der Waals surface area contributed by atoms with E-state index in [0.29, 0.717) is 0 Å². The minimum absolute atomic E-state index is 0.0222. The summed E-state index contributed by atoms with van der Waals surface area (Å²) in [6.45, 7) is 14.1. The first kappa shape index (κ1) is 26.6. The molecular formula is C39H38. The van der Waals surface area contributed by atoms with Crippen LogP contribution in [0, 0.1) is 72.0 Å². The highest BCUT2D eigenvalue weighted by molar-refractivity contribution is 5.86. The van der Waals surface area contributed by atoms with E-state index in [9.17, 15) is 0 Å². The van der Waals surface area contributed by atoms with Crippen LogP contribution in [0.3, 0.4) is 0 Å². The van der Waals surface area contributed by atoms with Crippen molar-refractivity contribution in [1.82, 2.24) is 0 Å². The van der Waals surface area contributed by atoms with Gasteiger partial charge in [0, 0.05) is 35.0 Å². The van der Waals surface area contributed by atoms with Crippen LogP contribution >= 0.6 is 0 Å². The van der Waals surface area contributed by atoms with Gasteiger partial charge in [-0.05, 0) is 53.6 Å². The standard InChI is InChI=1S/C39H38/c1-37(2,3)32-25-15-23-30-31-24-16-26-33(38(4,5)6)35(31)36(34(30)32)39(29-21-13-14-22-29,27-17-9-7-10-18-27)28-19-11-8-12-20-28/h7-26H,1-6H3. The number of hydrogen-bond acceptors (Lipinski definition) is 0. The van der Waals surface area contributed by atoms with Gasteiger partial charge in [-0.3, -0.25) is 0 Å². The highest BCUT2D eigenvalue weighted by atomic mass is 14.7. The Labute approximate surface area is 238 Å². The molecule has 10 radical (unpaired) electrons. The van der Waals surface area contributed by atoms with Gasteiger partial charge in [0.15, 0.2) is 0 Å². The minimum Gasteiger partial charge on any atom is -0.0755 e. The van der Waals surface area contributed by atoms with E-state index >= 15 is 0 Å². The van der Waals surface area contributed by atoms with Crippen LogP contribution in [0.4, 0.5) is 0 Å². The maximum Gasteiger partial charge on any atom is 0.0351 e. The summed E-state index contributed by atoms with van der Waals surface area (Å²) < 4.78 is 0. The summed E-state index contributed by atoms with van der Waals surface area (Å²) in [6.07, 6.45) is 22.9. The van der Waals surface area contributed by atoms with Gasteiger partial charge in [0.25, 0.3) is 0 Å².